The van der Waals surface area contributed by atoms with Crippen molar-refractivity contribution in [3.05, 3.63) is 95.6 Å². The van der Waals surface area contributed by atoms with Crippen molar-refractivity contribution < 1.29 is 4.79 Å². The van der Waals surface area contributed by atoms with Gasteiger partial charge in [0.15, 0.2) is 0 Å². The molecule has 5 N–H and O–H groups in total. The zero-order valence-corrected chi connectivity index (χ0v) is 17.9. The maximum absolute atomic E-state index is 13.1. The van der Waals surface area contributed by atoms with Crippen LogP contribution in [0.4, 0.5) is 11.4 Å². The molecule has 6 heteroatoms. The first-order chi connectivity index (χ1) is 13.0. The predicted molar refractivity (Wildman–Crippen MR) is 126 cm³/mol. The third-order valence-corrected chi connectivity index (χ3v) is 4.58. The number of hydrogen-bond donors (Lipinski definition) is 3. The van der Waals surface area contributed by atoms with E-state index in [-0.39, 0.29) is 36.8 Å². The topological polar surface area (TPSA) is 81.1 Å². The number of anilines is 2. The molecule has 0 saturated carbocycles. The van der Waals surface area contributed by atoms with E-state index >= 15 is 0 Å². The zero-order chi connectivity index (χ0) is 19.2. The van der Waals surface area contributed by atoms with Gasteiger partial charge in [-0.1, -0.05) is 54.6 Å². The third-order valence-electron chi connectivity index (χ3n) is 4.58. The van der Waals surface area contributed by atoms with Gasteiger partial charge in [0.05, 0.1) is 5.92 Å². The average molecular weight is 432 g/mol. The zero-order valence-electron chi connectivity index (χ0n) is 16.2. The summed E-state index contributed by atoms with van der Waals surface area (Å²) in [5, 5.41) is 3.15. The van der Waals surface area contributed by atoms with Gasteiger partial charge in [-0.05, 0) is 54.3 Å². The molecule has 0 aliphatic carbocycles. The Labute approximate surface area is 184 Å². The van der Waals surface area contributed by atoms with E-state index in [9.17, 15) is 4.79 Å². The van der Waals surface area contributed by atoms with E-state index in [2.05, 4.69) is 17.4 Å². The number of halogens is 2. The van der Waals surface area contributed by atoms with Gasteiger partial charge in [0.25, 0.3) is 0 Å². The Balaban J connectivity index is 0.00000210. The molecule has 0 heterocycles. The van der Waals surface area contributed by atoms with Gasteiger partial charge >= 0.3 is 0 Å². The number of benzene rings is 3. The van der Waals surface area contributed by atoms with Gasteiger partial charge in [0.2, 0.25) is 5.91 Å². The predicted octanol–water partition coefficient (Wildman–Crippen LogP) is 4.57. The molecule has 0 aliphatic rings. The van der Waals surface area contributed by atoms with Gasteiger partial charge in [-0.25, -0.2) is 0 Å². The fraction of sp³-hybridized carbons (Fsp3) is 0.174. The minimum Gasteiger partial charge on any atom is -0.399 e. The minimum atomic E-state index is -0.413. The molecule has 1 atom stereocenters. The average Bonchev–Trinajstić information content (AvgIpc) is 2.66. The summed E-state index contributed by atoms with van der Waals surface area (Å²) in [4.78, 5) is 13.1. The fourth-order valence-corrected chi connectivity index (χ4v) is 3.22. The third kappa shape index (κ3) is 6.70. The number of carbonyl (C=O) groups excluding carboxylic acids is 1. The second-order valence-electron chi connectivity index (χ2n) is 6.87. The van der Waals surface area contributed by atoms with Crippen molar-refractivity contribution in [2.75, 3.05) is 11.5 Å². The van der Waals surface area contributed by atoms with Crippen molar-refractivity contribution in [1.82, 2.24) is 5.32 Å². The van der Waals surface area contributed by atoms with Gasteiger partial charge in [0, 0.05) is 17.4 Å². The highest BCUT2D eigenvalue weighted by atomic mass is 35.5. The Hall–Kier alpha value is -2.69. The second kappa shape index (κ2) is 11.3. The number of carbonyl (C=O) groups is 1. The van der Waals surface area contributed by atoms with Crippen LogP contribution in [0.25, 0.3) is 0 Å². The number of hydrogen-bond acceptors (Lipinski definition) is 3. The Morgan fingerprint density at radius 3 is 1.69 bits per heavy atom. The largest absolute Gasteiger partial charge is 0.399 e. The molecule has 3 aromatic rings. The van der Waals surface area contributed by atoms with Crippen LogP contribution in [0.2, 0.25) is 0 Å². The summed E-state index contributed by atoms with van der Waals surface area (Å²) in [7, 11) is 0. The normalized spacial score (nSPS) is 11.1. The first-order valence-electron chi connectivity index (χ1n) is 9.08. The van der Waals surface area contributed by atoms with E-state index in [1.165, 1.54) is 5.56 Å². The SMILES string of the molecule is CC(Cc1ccccc1)NC(=O)C(c1ccc(N)cc1)c1ccc(N)cc1.Cl.Cl. The summed E-state index contributed by atoms with van der Waals surface area (Å²) in [5.74, 6) is -0.447. The van der Waals surface area contributed by atoms with E-state index in [0.717, 1.165) is 17.5 Å². The maximum atomic E-state index is 13.1. The number of nitrogens with two attached hydrogens (primary N) is 2. The standard InChI is InChI=1S/C23H25N3O.2ClH/c1-16(15-17-5-3-2-4-6-17)26-23(27)22(18-7-11-20(24)12-8-18)19-9-13-21(25)14-10-19;;/h2-14,16,22H,15,24-25H2,1H3,(H,26,27);2*1H. The monoisotopic (exact) mass is 431 g/mol. The molecule has 0 fully saturated rings. The summed E-state index contributed by atoms with van der Waals surface area (Å²) >= 11 is 0. The second-order valence-corrected chi connectivity index (χ2v) is 6.87. The summed E-state index contributed by atoms with van der Waals surface area (Å²) in [6.07, 6.45) is 0.781. The van der Waals surface area contributed by atoms with Gasteiger partial charge in [-0.3, -0.25) is 4.79 Å². The number of nitrogens with one attached hydrogen (secondary N) is 1. The number of amides is 1. The Morgan fingerprint density at radius 2 is 1.24 bits per heavy atom. The molecule has 3 aromatic carbocycles. The fourth-order valence-electron chi connectivity index (χ4n) is 3.22. The molecule has 0 bridgehead atoms. The molecule has 0 radical (unpaired) electrons. The van der Waals surface area contributed by atoms with Crippen LogP contribution < -0.4 is 16.8 Å². The first-order valence-corrected chi connectivity index (χ1v) is 9.08. The summed E-state index contributed by atoms with van der Waals surface area (Å²) < 4.78 is 0. The van der Waals surface area contributed by atoms with E-state index < -0.39 is 5.92 Å². The van der Waals surface area contributed by atoms with Crippen LogP contribution in [0.3, 0.4) is 0 Å². The van der Waals surface area contributed by atoms with Crippen LogP contribution in [0.5, 0.6) is 0 Å². The van der Waals surface area contributed by atoms with Crippen LogP contribution >= 0.6 is 24.8 Å². The van der Waals surface area contributed by atoms with Gasteiger partial charge in [-0.2, -0.15) is 0 Å². The molecular weight excluding hydrogens is 405 g/mol. The molecular formula is C23H27Cl2N3O. The molecule has 0 aliphatic heterocycles. The lowest BCUT2D eigenvalue weighted by Gasteiger charge is -2.21. The quantitative estimate of drug-likeness (QED) is 0.499. The summed E-state index contributed by atoms with van der Waals surface area (Å²) in [6.45, 7) is 2.02. The molecule has 154 valence electrons. The van der Waals surface area contributed by atoms with Crippen molar-refractivity contribution in [2.45, 2.75) is 25.3 Å². The van der Waals surface area contributed by atoms with Crippen molar-refractivity contribution in [3.63, 3.8) is 0 Å². The van der Waals surface area contributed by atoms with Crippen molar-refractivity contribution >= 4 is 42.1 Å². The highest BCUT2D eigenvalue weighted by Crippen LogP contribution is 2.27. The molecule has 0 spiro atoms. The molecule has 4 nitrogen and oxygen atoms in total. The molecule has 3 rings (SSSR count). The lowest BCUT2D eigenvalue weighted by Crippen LogP contribution is -2.38. The molecule has 29 heavy (non-hydrogen) atoms. The smallest absolute Gasteiger partial charge is 0.232 e. The Kier molecular flexibility index (Phi) is 9.53. The maximum Gasteiger partial charge on any atom is 0.232 e. The van der Waals surface area contributed by atoms with Gasteiger partial charge in [-0.15, -0.1) is 24.8 Å². The summed E-state index contributed by atoms with van der Waals surface area (Å²) in [6, 6.07) is 25.0. The number of rotatable bonds is 6. The first kappa shape index (κ1) is 24.3. The highest BCUT2D eigenvalue weighted by Gasteiger charge is 2.24. The molecule has 1 unspecified atom stereocenters. The van der Waals surface area contributed by atoms with Crippen LogP contribution in [0.1, 0.15) is 29.5 Å². The molecule has 0 saturated heterocycles. The molecule has 1 amide bonds. The van der Waals surface area contributed by atoms with Crippen LogP contribution in [-0.2, 0) is 11.2 Å². The minimum absolute atomic E-state index is 0. The van der Waals surface area contributed by atoms with Crippen molar-refractivity contribution in [3.8, 4) is 0 Å². The lowest BCUT2D eigenvalue weighted by atomic mass is 9.89. The van der Waals surface area contributed by atoms with Crippen LogP contribution in [0, 0.1) is 0 Å². The Bertz CT molecular complexity index is 839. The van der Waals surface area contributed by atoms with Crippen molar-refractivity contribution in [2.24, 2.45) is 0 Å². The van der Waals surface area contributed by atoms with Crippen LogP contribution in [0.15, 0.2) is 78.9 Å². The number of nitrogen functional groups attached to an aromatic ring is 2. The van der Waals surface area contributed by atoms with E-state index in [0.29, 0.717) is 11.4 Å². The Morgan fingerprint density at radius 1 is 0.793 bits per heavy atom. The van der Waals surface area contributed by atoms with Gasteiger partial charge in [0.1, 0.15) is 0 Å². The van der Waals surface area contributed by atoms with Crippen molar-refractivity contribution in [1.29, 1.82) is 0 Å². The lowest BCUT2D eigenvalue weighted by molar-refractivity contribution is -0.122. The highest BCUT2D eigenvalue weighted by molar-refractivity contribution is 5.87. The van der Waals surface area contributed by atoms with E-state index in [1.807, 2.05) is 73.7 Å². The van der Waals surface area contributed by atoms with Gasteiger partial charge < -0.3 is 16.8 Å². The molecule has 0 aromatic heterocycles. The van der Waals surface area contributed by atoms with E-state index in [4.69, 9.17) is 11.5 Å². The van der Waals surface area contributed by atoms with Crippen LogP contribution in [-0.4, -0.2) is 11.9 Å². The van der Waals surface area contributed by atoms with E-state index in [1.54, 1.807) is 0 Å². The summed E-state index contributed by atoms with van der Waals surface area (Å²) in [5.41, 5.74) is 16.0.